The van der Waals surface area contributed by atoms with Crippen LogP contribution in [0.5, 0.6) is 0 Å². The summed E-state index contributed by atoms with van der Waals surface area (Å²) in [6.07, 6.45) is 3.80. The summed E-state index contributed by atoms with van der Waals surface area (Å²) in [5, 5.41) is 3.23. The third-order valence-electron chi connectivity index (χ3n) is 3.52. The zero-order valence-electron chi connectivity index (χ0n) is 10.6. The molecule has 1 amide bonds. The van der Waals surface area contributed by atoms with Gasteiger partial charge >= 0.3 is 0 Å². The standard InChI is InChI=1S/C14H15N3O/c1-14(2,13(18)16-17-15)12-8-7-10-5-3-4-6-11(10)9-12/h3-6,9H,7-8H2,1-2H3. The number of carbonyl (C=O) groups is 1. The zero-order chi connectivity index (χ0) is 13.2. The summed E-state index contributed by atoms with van der Waals surface area (Å²) in [4.78, 5) is 14.4. The van der Waals surface area contributed by atoms with E-state index < -0.39 is 11.3 Å². The first kappa shape index (κ1) is 12.4. The zero-order valence-corrected chi connectivity index (χ0v) is 10.6. The molecule has 1 aromatic carbocycles. The highest BCUT2D eigenvalue weighted by Crippen LogP contribution is 2.36. The summed E-state index contributed by atoms with van der Waals surface area (Å²) in [5.74, 6) is -0.421. The van der Waals surface area contributed by atoms with Gasteiger partial charge in [-0.25, -0.2) is 0 Å². The maximum absolute atomic E-state index is 11.8. The van der Waals surface area contributed by atoms with Crippen molar-refractivity contribution >= 4 is 12.0 Å². The molecule has 0 bridgehead atoms. The van der Waals surface area contributed by atoms with Crippen molar-refractivity contribution in [2.24, 2.45) is 10.5 Å². The summed E-state index contributed by atoms with van der Waals surface area (Å²) < 4.78 is 0. The van der Waals surface area contributed by atoms with Gasteiger partial charge in [0.1, 0.15) is 0 Å². The van der Waals surface area contributed by atoms with Crippen molar-refractivity contribution < 1.29 is 4.79 Å². The second-order valence-corrected chi connectivity index (χ2v) is 4.99. The van der Waals surface area contributed by atoms with E-state index in [-0.39, 0.29) is 0 Å². The number of rotatable bonds is 2. The van der Waals surface area contributed by atoms with E-state index in [1.807, 2.05) is 38.1 Å². The summed E-state index contributed by atoms with van der Waals surface area (Å²) in [7, 11) is 0. The SMILES string of the molecule is CC(C)(C(=O)N=[N+]=[N-])C1=Cc2ccccc2CC1. The Morgan fingerprint density at radius 2 is 2.06 bits per heavy atom. The minimum absolute atomic E-state index is 0.421. The number of amides is 1. The van der Waals surface area contributed by atoms with Gasteiger partial charge in [-0.15, -0.1) is 0 Å². The number of hydrogen-bond acceptors (Lipinski definition) is 1. The van der Waals surface area contributed by atoms with Crippen LogP contribution in [0.15, 0.2) is 35.0 Å². The number of fused-ring (bicyclic) bond motifs is 1. The normalized spacial score (nSPS) is 14.2. The lowest BCUT2D eigenvalue weighted by Gasteiger charge is -2.28. The number of azide groups is 1. The van der Waals surface area contributed by atoms with Crippen LogP contribution in [0.1, 0.15) is 31.4 Å². The van der Waals surface area contributed by atoms with E-state index in [0.717, 1.165) is 24.0 Å². The van der Waals surface area contributed by atoms with Crippen molar-refractivity contribution in [2.45, 2.75) is 26.7 Å². The lowest BCUT2D eigenvalue weighted by Crippen LogP contribution is -2.26. The van der Waals surface area contributed by atoms with Crippen molar-refractivity contribution in [2.75, 3.05) is 0 Å². The average Bonchev–Trinajstić information content (AvgIpc) is 2.38. The Morgan fingerprint density at radius 3 is 2.78 bits per heavy atom. The fourth-order valence-corrected chi connectivity index (χ4v) is 2.23. The van der Waals surface area contributed by atoms with Gasteiger partial charge in [-0.05, 0) is 48.5 Å². The highest BCUT2D eigenvalue weighted by atomic mass is 16.2. The van der Waals surface area contributed by atoms with E-state index in [1.54, 1.807) is 0 Å². The first-order valence-electron chi connectivity index (χ1n) is 5.94. The molecule has 92 valence electrons. The molecule has 0 aliphatic heterocycles. The van der Waals surface area contributed by atoms with Crippen molar-refractivity contribution in [3.63, 3.8) is 0 Å². The molecule has 0 saturated carbocycles. The molecule has 1 aliphatic rings. The number of nitrogens with zero attached hydrogens (tertiary/aromatic N) is 3. The second-order valence-electron chi connectivity index (χ2n) is 4.99. The highest BCUT2D eigenvalue weighted by Gasteiger charge is 2.32. The van der Waals surface area contributed by atoms with Gasteiger partial charge in [-0.2, -0.15) is 0 Å². The predicted molar refractivity (Wildman–Crippen MR) is 70.7 cm³/mol. The first-order chi connectivity index (χ1) is 8.55. The van der Waals surface area contributed by atoms with E-state index in [9.17, 15) is 4.79 Å². The van der Waals surface area contributed by atoms with Crippen LogP contribution in [0.2, 0.25) is 0 Å². The van der Waals surface area contributed by atoms with Gasteiger partial charge in [-0.1, -0.05) is 35.9 Å². The van der Waals surface area contributed by atoms with E-state index in [2.05, 4.69) is 16.1 Å². The molecule has 18 heavy (non-hydrogen) atoms. The second kappa shape index (κ2) is 4.67. The molecular formula is C14H15N3O. The molecule has 0 radical (unpaired) electrons. The number of hydrogen-bond donors (Lipinski definition) is 0. The molecule has 2 rings (SSSR count). The number of aryl methyl sites for hydroxylation is 1. The smallest absolute Gasteiger partial charge is 0.228 e. The maximum Gasteiger partial charge on any atom is 0.228 e. The molecule has 0 spiro atoms. The Hall–Kier alpha value is -2.06. The Labute approximate surface area is 106 Å². The predicted octanol–water partition coefficient (Wildman–Crippen LogP) is 3.88. The third kappa shape index (κ3) is 2.15. The maximum atomic E-state index is 11.8. The Morgan fingerprint density at radius 1 is 1.33 bits per heavy atom. The van der Waals surface area contributed by atoms with Gasteiger partial charge in [0.15, 0.2) is 0 Å². The van der Waals surface area contributed by atoms with Crippen molar-refractivity contribution in [1.82, 2.24) is 0 Å². The van der Waals surface area contributed by atoms with Gasteiger partial charge in [0.05, 0.1) is 5.41 Å². The molecule has 0 N–H and O–H groups in total. The quantitative estimate of drug-likeness (QED) is 0.440. The average molecular weight is 241 g/mol. The molecule has 0 atom stereocenters. The van der Waals surface area contributed by atoms with Crippen molar-refractivity contribution in [3.05, 3.63) is 51.4 Å². The van der Waals surface area contributed by atoms with Crippen LogP contribution >= 0.6 is 0 Å². The summed E-state index contributed by atoms with van der Waals surface area (Å²) >= 11 is 0. The monoisotopic (exact) mass is 241 g/mol. The number of benzene rings is 1. The fraction of sp³-hybridized carbons (Fsp3) is 0.357. The molecule has 0 aromatic heterocycles. The molecule has 0 fully saturated rings. The van der Waals surface area contributed by atoms with E-state index in [0.29, 0.717) is 0 Å². The molecule has 1 aromatic rings. The summed E-state index contributed by atoms with van der Waals surface area (Å²) in [6.45, 7) is 3.62. The van der Waals surface area contributed by atoms with E-state index >= 15 is 0 Å². The van der Waals surface area contributed by atoms with Crippen molar-refractivity contribution in [3.8, 4) is 0 Å². The molecule has 0 unspecified atom stereocenters. The molecule has 4 nitrogen and oxygen atoms in total. The highest BCUT2D eigenvalue weighted by molar-refractivity contribution is 5.87. The van der Waals surface area contributed by atoms with Crippen LogP contribution in [0.4, 0.5) is 0 Å². The van der Waals surface area contributed by atoms with Crippen LogP contribution in [0, 0.1) is 5.41 Å². The van der Waals surface area contributed by atoms with Crippen LogP contribution in [0.3, 0.4) is 0 Å². The van der Waals surface area contributed by atoms with Gasteiger partial charge < -0.3 is 0 Å². The number of carbonyl (C=O) groups excluding carboxylic acids is 1. The Kier molecular flexibility index (Phi) is 3.21. The summed E-state index contributed by atoms with van der Waals surface area (Å²) in [5.41, 5.74) is 11.1. The molecule has 0 heterocycles. The van der Waals surface area contributed by atoms with Gasteiger partial charge in [0, 0.05) is 4.91 Å². The van der Waals surface area contributed by atoms with Gasteiger partial charge in [0.2, 0.25) is 5.91 Å². The largest absolute Gasteiger partial charge is 0.292 e. The topological polar surface area (TPSA) is 65.8 Å². The van der Waals surface area contributed by atoms with Crippen LogP contribution in [0.25, 0.3) is 16.5 Å². The Bertz CT molecular complexity index is 566. The Balaban J connectivity index is 2.39. The van der Waals surface area contributed by atoms with E-state index in [4.69, 9.17) is 5.53 Å². The first-order valence-corrected chi connectivity index (χ1v) is 5.94. The molecule has 1 aliphatic carbocycles. The van der Waals surface area contributed by atoms with E-state index in [1.165, 1.54) is 5.56 Å². The lowest BCUT2D eigenvalue weighted by atomic mass is 9.76. The minimum atomic E-state index is -0.722. The molecule has 0 saturated heterocycles. The van der Waals surface area contributed by atoms with Crippen molar-refractivity contribution in [1.29, 1.82) is 0 Å². The van der Waals surface area contributed by atoms with Gasteiger partial charge in [0.25, 0.3) is 0 Å². The summed E-state index contributed by atoms with van der Waals surface area (Å²) in [6, 6.07) is 8.15. The third-order valence-corrected chi connectivity index (χ3v) is 3.52. The van der Waals surface area contributed by atoms with Crippen LogP contribution in [-0.2, 0) is 11.2 Å². The molecular weight excluding hydrogens is 226 g/mol. The van der Waals surface area contributed by atoms with Crippen LogP contribution in [-0.4, -0.2) is 5.91 Å². The molecule has 4 heteroatoms. The lowest BCUT2D eigenvalue weighted by molar-refractivity contribution is -0.124. The minimum Gasteiger partial charge on any atom is -0.292 e. The van der Waals surface area contributed by atoms with Gasteiger partial charge in [-0.3, -0.25) is 4.79 Å². The fourth-order valence-electron chi connectivity index (χ4n) is 2.23. The van der Waals surface area contributed by atoms with Crippen LogP contribution < -0.4 is 0 Å².